The molecular formula is C70H153ClO10S35. The molecule has 0 radical (unpaired) electrons. The first-order valence-electron chi connectivity index (χ1n) is 38.3. The number of rotatable bonds is 78. The Labute approximate surface area is 883 Å². The van der Waals surface area contributed by atoms with Crippen LogP contribution in [0.2, 0.25) is 0 Å². The van der Waals surface area contributed by atoms with Crippen molar-refractivity contribution in [3.63, 3.8) is 0 Å². The second kappa shape index (κ2) is 123. The van der Waals surface area contributed by atoms with Gasteiger partial charge in [0.25, 0.3) is 0 Å². The summed E-state index contributed by atoms with van der Waals surface area (Å²) in [6.07, 6.45) is 1.12. The highest BCUT2D eigenvalue weighted by Crippen LogP contribution is 2.29. The number of aliphatic hydroxyl groups excluding tert-OH is 9. The Balaban J connectivity index is -0.000000238. The lowest BCUT2D eigenvalue weighted by Gasteiger charge is -2.20. The Hall–Kier alpha value is 12.1. The summed E-state index contributed by atoms with van der Waals surface area (Å²) in [7, 11) is 0. The molecule has 0 aromatic heterocycles. The summed E-state index contributed by atoms with van der Waals surface area (Å²) in [6, 6.07) is 0. The van der Waals surface area contributed by atoms with Crippen LogP contribution >= 0.6 is 437 Å². The maximum absolute atomic E-state index is 9.76. The summed E-state index contributed by atoms with van der Waals surface area (Å²) < 4.78 is 4.86. The fourth-order valence-electron chi connectivity index (χ4n) is 6.99. The summed E-state index contributed by atoms with van der Waals surface area (Å²) in [6.45, 7) is 5.77. The molecule has 1 aliphatic heterocycles. The molecule has 14 atom stereocenters. The molecule has 1 aliphatic rings. The molecule has 1 heterocycles. The lowest BCUT2D eigenvalue weighted by Crippen LogP contribution is -2.19. The second-order valence-electron chi connectivity index (χ2n) is 23.5. The van der Waals surface area contributed by atoms with Gasteiger partial charge in [0.05, 0.1) is 69.2 Å². The van der Waals surface area contributed by atoms with Gasteiger partial charge in [-0.1, -0.05) is 13.8 Å². The highest BCUT2D eigenvalue weighted by molar-refractivity contribution is 8.09. The molecule has 0 spiro atoms. The number of epoxide rings is 1. The van der Waals surface area contributed by atoms with E-state index in [0.29, 0.717) is 100 Å². The third-order valence-corrected chi connectivity index (χ3v) is 47.0. The number of halogens is 1. The Bertz CT molecular complexity index is 1640. The van der Waals surface area contributed by atoms with Gasteiger partial charge in [0.15, 0.2) is 0 Å². The standard InChI is InChI=1S/C11H24OS5.C10H22O4S3.C10H22O2S5.3C10H22S7.C5H11ClO2S.C4H8O/c1-2-4-15-7-10(12)8-16-9-11(6-14)17-5-3-13;11-1-3-15-5-9(13)7-17-8-10(14)6-16-4-2-12;11-9(5-15-3-1-13)7-17-8-10(12)6-16-4-2-14;11-1-3-16-9(5-13)7-15-8-10(6-14)17-4-2-12;11-1-3-15-7-9(5-13)17-8-10(6-14)16-4-2-12;11-1-3-15-7-9(5-13)17-10(6-14)8-16-4-2-12;6-3-5(8)4-9-2-1-7;1-2-4-3-5-4/h10-14H,2-9H2,1H3;5*9-14H,1-8H2;5,7-8H,1-4H2;4H,2-3H2,1H3. The number of thiol groups is 16. The maximum Gasteiger partial charge on any atom is 0.0807 e. The zero-order valence-corrected chi connectivity index (χ0v) is 98.6. The van der Waals surface area contributed by atoms with E-state index < -0.39 is 6.10 Å². The minimum absolute atomic E-state index is 0.144. The van der Waals surface area contributed by atoms with Crippen molar-refractivity contribution in [1.29, 1.82) is 0 Å². The van der Waals surface area contributed by atoms with Crippen LogP contribution in [0.1, 0.15) is 26.7 Å². The molecule has 0 amide bonds. The van der Waals surface area contributed by atoms with Gasteiger partial charge in [-0.05, 0) is 70.4 Å². The third kappa shape index (κ3) is 122. The van der Waals surface area contributed by atoms with Crippen molar-refractivity contribution < 1.29 is 50.7 Å². The molecule has 0 aromatic carbocycles. The van der Waals surface area contributed by atoms with Gasteiger partial charge >= 0.3 is 0 Å². The van der Waals surface area contributed by atoms with Gasteiger partial charge in [0, 0.05) is 255 Å². The van der Waals surface area contributed by atoms with Crippen LogP contribution in [0.25, 0.3) is 0 Å². The fourth-order valence-corrected chi connectivity index (χ4v) is 33.5. The van der Waals surface area contributed by atoms with E-state index in [1.165, 1.54) is 94.4 Å². The van der Waals surface area contributed by atoms with Crippen molar-refractivity contribution >= 4 is 437 Å². The summed E-state index contributed by atoms with van der Waals surface area (Å²) >= 11 is 109. The molecule has 116 heavy (non-hydrogen) atoms. The fraction of sp³-hybridized carbons (Fsp3) is 1.00. The average Bonchev–Trinajstić information content (AvgIpc) is 1.60. The van der Waals surface area contributed by atoms with Gasteiger partial charge in [-0.15, -0.1) is 11.6 Å². The summed E-state index contributed by atoms with van der Waals surface area (Å²) in [5.74, 6) is 44.2. The third-order valence-electron chi connectivity index (χ3n) is 12.6. The number of thioether (sulfide) groups is 19. The highest BCUT2D eigenvalue weighted by Gasteiger charge is 2.20. The van der Waals surface area contributed by atoms with E-state index in [2.05, 4.69) is 216 Å². The summed E-state index contributed by atoms with van der Waals surface area (Å²) in [5.41, 5.74) is 0. The monoisotopic (exact) mass is 2310 g/mol. The molecule has 1 rings (SSSR count). The van der Waals surface area contributed by atoms with Crippen molar-refractivity contribution in [2.45, 2.75) is 106 Å². The van der Waals surface area contributed by atoms with Gasteiger partial charge in [0.2, 0.25) is 0 Å². The van der Waals surface area contributed by atoms with Crippen LogP contribution in [-0.2, 0) is 4.74 Å². The predicted octanol–water partition coefficient (Wildman–Crippen LogP) is 16.9. The quantitative estimate of drug-likeness (QED) is 0.0119. The van der Waals surface area contributed by atoms with E-state index >= 15 is 0 Å². The molecule has 10 nitrogen and oxygen atoms in total. The van der Waals surface area contributed by atoms with E-state index in [1.807, 2.05) is 141 Å². The minimum Gasteiger partial charge on any atom is -0.396 e. The van der Waals surface area contributed by atoms with E-state index in [1.54, 1.807) is 35.3 Å². The normalized spacial score (nSPS) is 15.6. The van der Waals surface area contributed by atoms with Crippen molar-refractivity contribution in [2.24, 2.45) is 0 Å². The van der Waals surface area contributed by atoms with Gasteiger partial charge in [-0.2, -0.15) is 426 Å². The van der Waals surface area contributed by atoms with Crippen molar-refractivity contribution in [3.05, 3.63) is 0 Å². The zero-order valence-electron chi connectivity index (χ0n) is 68.0. The van der Waals surface area contributed by atoms with Crippen molar-refractivity contribution in [2.75, 3.05) is 303 Å². The highest BCUT2D eigenvalue weighted by atomic mass is 35.5. The first-order valence-corrected chi connectivity index (χ1v) is 70.1. The molecule has 710 valence electrons. The van der Waals surface area contributed by atoms with Crippen LogP contribution in [-0.4, -0.2) is 428 Å². The lowest BCUT2D eigenvalue weighted by molar-refractivity contribution is 0.219. The van der Waals surface area contributed by atoms with Gasteiger partial charge in [-0.3, -0.25) is 0 Å². The Morgan fingerprint density at radius 1 is 0.267 bits per heavy atom. The number of hydrogen-bond donors (Lipinski definition) is 25. The number of ether oxygens (including phenoxy) is 1. The topological polar surface area (TPSA) is 195 Å². The first kappa shape index (κ1) is 141. The molecular weight excluding hydrogens is 2160 g/mol. The smallest absolute Gasteiger partial charge is 0.0807 e. The van der Waals surface area contributed by atoms with E-state index in [0.717, 1.165) is 185 Å². The maximum atomic E-state index is 9.76. The number of hydrogen-bond acceptors (Lipinski definition) is 45. The first-order chi connectivity index (χ1) is 56.2. The zero-order chi connectivity index (χ0) is 88.4. The average molecular weight is 2310 g/mol. The largest absolute Gasteiger partial charge is 0.396 e. The molecule has 1 fully saturated rings. The Kier molecular flexibility index (Phi) is 150. The van der Waals surface area contributed by atoms with Crippen molar-refractivity contribution in [3.8, 4) is 0 Å². The SMILES string of the molecule is CCC1CO1.CCCSCC(O)CSCC(CS)SCCS.OC(CSCCS)CSCC(O)CSCCS.OCCSCC(O)CCl.OCCSCC(O)CSCC(O)CSCCO.SCCSC(CS)CSCC(CS)SCCS.SCCSCC(CS)SC(CS)CSCCS.SCCSCC(CS)SCC(CS)SCCS. The van der Waals surface area contributed by atoms with E-state index in [-0.39, 0.29) is 56.2 Å². The van der Waals surface area contributed by atoms with Crippen LogP contribution in [0.4, 0.5) is 0 Å². The number of alkyl halides is 1. The molecule has 0 aliphatic carbocycles. The molecule has 0 aromatic rings. The molecule has 1 saturated heterocycles. The van der Waals surface area contributed by atoms with E-state index in [9.17, 15) is 25.5 Å². The van der Waals surface area contributed by atoms with Crippen LogP contribution in [0, 0.1) is 0 Å². The molecule has 0 bridgehead atoms. The summed E-state index contributed by atoms with van der Waals surface area (Å²) in [5, 5.41) is 86.9. The van der Waals surface area contributed by atoms with E-state index in [4.69, 9.17) is 36.8 Å². The van der Waals surface area contributed by atoms with Gasteiger partial charge in [0.1, 0.15) is 0 Å². The van der Waals surface area contributed by atoms with Crippen LogP contribution in [0.15, 0.2) is 0 Å². The van der Waals surface area contributed by atoms with Crippen molar-refractivity contribution in [1.82, 2.24) is 0 Å². The van der Waals surface area contributed by atoms with Gasteiger partial charge in [-0.25, -0.2) is 0 Å². The minimum atomic E-state index is -0.428. The number of aliphatic hydroxyl groups is 9. The van der Waals surface area contributed by atoms with Crippen LogP contribution < -0.4 is 0 Å². The van der Waals surface area contributed by atoms with Crippen LogP contribution in [0.5, 0.6) is 0 Å². The summed E-state index contributed by atoms with van der Waals surface area (Å²) in [4.78, 5) is 0. The molecule has 0 saturated carbocycles. The predicted molar refractivity (Wildman–Crippen MR) is 642 cm³/mol. The molecule has 14 unspecified atom stereocenters. The lowest BCUT2D eigenvalue weighted by atomic mass is 10.4. The Morgan fingerprint density at radius 2 is 0.474 bits per heavy atom. The van der Waals surface area contributed by atoms with Crippen LogP contribution in [0.3, 0.4) is 0 Å². The molecule has 46 heteroatoms. The Morgan fingerprint density at radius 3 is 0.707 bits per heavy atom. The second-order valence-corrected chi connectivity index (χ2v) is 53.6. The molecule has 9 N–H and O–H groups in total. The van der Waals surface area contributed by atoms with Gasteiger partial charge < -0.3 is 50.7 Å².